The highest BCUT2D eigenvalue weighted by molar-refractivity contribution is 6.24. The van der Waals surface area contributed by atoms with Crippen LogP contribution in [0.5, 0.6) is 11.5 Å². The van der Waals surface area contributed by atoms with Gasteiger partial charge in [0.1, 0.15) is 0 Å². The largest absolute Gasteiger partial charge is 0.457 e. The predicted octanol–water partition coefficient (Wildman–Crippen LogP) is 5.19. The number of hydrogen-bond donors (Lipinski definition) is 0. The molecule has 0 spiro atoms. The first-order valence-corrected chi connectivity index (χ1v) is 12.6. The van der Waals surface area contributed by atoms with Crippen molar-refractivity contribution in [3.63, 3.8) is 0 Å². The van der Waals surface area contributed by atoms with Crippen molar-refractivity contribution in [2.45, 2.75) is 63.8 Å². The van der Waals surface area contributed by atoms with Crippen molar-refractivity contribution in [1.29, 1.82) is 0 Å². The number of esters is 1. The van der Waals surface area contributed by atoms with Gasteiger partial charge in [0.05, 0.1) is 5.41 Å². The number of alkyl halides is 1. The maximum atomic E-state index is 13.2. The topological polar surface area (TPSA) is 66.8 Å². The number of Topliss-reactive ketones (excluding diaryl/α,β-unsaturated/α-hetero) is 1. The van der Waals surface area contributed by atoms with Gasteiger partial charge >= 0.3 is 5.97 Å². The lowest BCUT2D eigenvalue weighted by atomic mass is 9.49. The van der Waals surface area contributed by atoms with E-state index in [0.717, 1.165) is 54.1 Å². The van der Waals surface area contributed by atoms with Crippen LogP contribution in [0, 0.1) is 31.1 Å². The number of rotatable bonds is 6. The Balaban J connectivity index is 1.14. The Morgan fingerprint density at radius 2 is 1.82 bits per heavy atom. The molecule has 2 atom stereocenters. The van der Waals surface area contributed by atoms with E-state index < -0.39 is 5.41 Å². The number of halogens is 1. The Morgan fingerprint density at radius 1 is 1.09 bits per heavy atom. The van der Waals surface area contributed by atoms with Gasteiger partial charge in [-0.3, -0.25) is 9.59 Å². The summed E-state index contributed by atoms with van der Waals surface area (Å²) in [6.45, 7) is 4.56. The number of aryl methyl sites for hydroxylation is 1. The summed E-state index contributed by atoms with van der Waals surface area (Å²) in [6, 6.07) is 7.77. The minimum Gasteiger partial charge on any atom is -0.457 e. The Kier molecular flexibility index (Phi) is 5.03. The van der Waals surface area contributed by atoms with E-state index in [1.165, 1.54) is 6.42 Å². The van der Waals surface area contributed by atoms with Gasteiger partial charge in [0, 0.05) is 28.4 Å². The highest BCUT2D eigenvalue weighted by Crippen LogP contribution is 2.64. The Labute approximate surface area is 204 Å². The number of nitrogens with zero attached hydrogens (tertiary/aromatic N) is 1. The predicted molar refractivity (Wildman–Crippen MR) is 127 cm³/mol. The maximum Gasteiger partial charge on any atom is 0.312 e. The average molecular weight is 484 g/mol. The SMILES string of the molecule is Cc1cc(C(=O)COC(=O)C23C[C@H]4C[C@@H](CC(Cl)(C4)C2)C3)c(C)n1Cc1ccc2c(c1)OCO2. The zero-order valence-corrected chi connectivity index (χ0v) is 20.5. The molecule has 0 unspecified atom stereocenters. The zero-order valence-electron chi connectivity index (χ0n) is 19.7. The number of hydrogen-bond acceptors (Lipinski definition) is 5. The minimum absolute atomic E-state index is 0.163. The van der Waals surface area contributed by atoms with Gasteiger partial charge in [-0.25, -0.2) is 0 Å². The second kappa shape index (κ2) is 7.77. The number of benzene rings is 1. The highest BCUT2D eigenvalue weighted by Gasteiger charge is 2.60. The first-order chi connectivity index (χ1) is 16.2. The lowest BCUT2D eigenvalue weighted by Crippen LogP contribution is -2.56. The summed E-state index contributed by atoms with van der Waals surface area (Å²) >= 11 is 6.87. The van der Waals surface area contributed by atoms with Crippen LogP contribution in [0.3, 0.4) is 0 Å². The molecule has 5 aliphatic rings. The molecule has 2 heterocycles. The van der Waals surface area contributed by atoms with Gasteiger partial charge in [-0.05, 0) is 88.0 Å². The fourth-order valence-electron chi connectivity index (χ4n) is 7.30. The van der Waals surface area contributed by atoms with Crippen LogP contribution in [-0.4, -0.2) is 34.6 Å². The molecule has 0 amide bonds. The molecule has 0 N–H and O–H groups in total. The number of fused-ring (bicyclic) bond motifs is 1. The second-order valence-corrected chi connectivity index (χ2v) is 11.8. The summed E-state index contributed by atoms with van der Waals surface area (Å²) in [7, 11) is 0. The van der Waals surface area contributed by atoms with Crippen molar-refractivity contribution in [3.05, 3.63) is 46.8 Å². The maximum absolute atomic E-state index is 13.2. The second-order valence-electron chi connectivity index (χ2n) is 11.0. The van der Waals surface area contributed by atoms with Gasteiger partial charge < -0.3 is 18.8 Å². The molecule has 7 rings (SSSR count). The molecular formula is C27H30ClNO5. The van der Waals surface area contributed by atoms with E-state index in [-0.39, 0.29) is 30.0 Å². The van der Waals surface area contributed by atoms with Crippen LogP contribution in [0.15, 0.2) is 24.3 Å². The van der Waals surface area contributed by atoms with Crippen LogP contribution < -0.4 is 9.47 Å². The fraction of sp³-hybridized carbons (Fsp3) is 0.556. The van der Waals surface area contributed by atoms with E-state index in [1.54, 1.807) is 0 Å². The first kappa shape index (κ1) is 22.0. The molecule has 1 aliphatic heterocycles. The number of ether oxygens (including phenoxy) is 3. The third kappa shape index (κ3) is 3.62. The van der Waals surface area contributed by atoms with Gasteiger partial charge in [0.2, 0.25) is 12.6 Å². The van der Waals surface area contributed by atoms with E-state index >= 15 is 0 Å². The Bertz CT molecular complexity index is 1170. The molecule has 180 valence electrons. The van der Waals surface area contributed by atoms with Crippen molar-refractivity contribution in [2.75, 3.05) is 13.4 Å². The summed E-state index contributed by atoms with van der Waals surface area (Å²) in [4.78, 5) is 26.0. The number of aromatic nitrogens is 1. The first-order valence-electron chi connectivity index (χ1n) is 12.2. The normalized spacial score (nSPS) is 30.6. The van der Waals surface area contributed by atoms with Crippen molar-refractivity contribution in [3.8, 4) is 11.5 Å². The van der Waals surface area contributed by atoms with E-state index in [1.807, 2.05) is 38.1 Å². The fourth-order valence-corrected chi connectivity index (χ4v) is 7.99. The number of carbonyl (C=O) groups excluding carboxylic acids is 2. The average Bonchev–Trinajstić information content (AvgIpc) is 3.35. The number of carbonyl (C=O) groups is 2. The van der Waals surface area contributed by atoms with Gasteiger partial charge in [-0.15, -0.1) is 11.6 Å². The molecule has 1 aromatic carbocycles. The molecule has 34 heavy (non-hydrogen) atoms. The summed E-state index contributed by atoms with van der Waals surface area (Å²) in [5, 5.41) is 0. The highest BCUT2D eigenvalue weighted by atomic mass is 35.5. The summed E-state index contributed by atoms with van der Waals surface area (Å²) in [5.41, 5.74) is 3.02. The van der Waals surface area contributed by atoms with Crippen LogP contribution in [0.1, 0.15) is 65.8 Å². The molecule has 6 nitrogen and oxygen atoms in total. The van der Waals surface area contributed by atoms with Crippen molar-refractivity contribution in [2.24, 2.45) is 17.3 Å². The smallest absolute Gasteiger partial charge is 0.312 e. The molecule has 4 bridgehead atoms. The zero-order chi connectivity index (χ0) is 23.7. The van der Waals surface area contributed by atoms with Crippen molar-refractivity contribution >= 4 is 23.4 Å². The van der Waals surface area contributed by atoms with Crippen molar-refractivity contribution in [1.82, 2.24) is 4.57 Å². The monoisotopic (exact) mass is 483 g/mol. The van der Waals surface area contributed by atoms with Crippen LogP contribution in [0.25, 0.3) is 0 Å². The Hall–Kier alpha value is -2.47. The standard InChI is InChI=1S/C27H30ClNO5/c1-16-5-21(17(2)29(16)12-18-3-4-23-24(7-18)34-15-33-23)22(30)13-32-25(31)26-8-19-6-20(9-26)11-27(28,10-19)14-26/h3-5,7,19-20H,6,8-15H2,1-2H3/t19-,20-,26?,27?/m1/s1. The summed E-state index contributed by atoms with van der Waals surface area (Å²) < 4.78 is 18.7. The quantitative estimate of drug-likeness (QED) is 0.321. The third-order valence-corrected chi connectivity index (χ3v) is 8.85. The summed E-state index contributed by atoms with van der Waals surface area (Å²) in [6.07, 6.45) is 5.59. The van der Waals surface area contributed by atoms with Gasteiger partial charge in [-0.2, -0.15) is 0 Å². The van der Waals surface area contributed by atoms with Gasteiger partial charge in [-0.1, -0.05) is 6.07 Å². The third-order valence-electron chi connectivity index (χ3n) is 8.41. The van der Waals surface area contributed by atoms with Crippen LogP contribution in [0.4, 0.5) is 0 Å². The molecule has 7 heteroatoms. The molecule has 2 aromatic rings. The van der Waals surface area contributed by atoms with Crippen LogP contribution in [-0.2, 0) is 16.1 Å². The van der Waals surface area contributed by atoms with E-state index in [0.29, 0.717) is 30.4 Å². The van der Waals surface area contributed by atoms with Crippen LogP contribution >= 0.6 is 11.6 Å². The lowest BCUT2D eigenvalue weighted by Gasteiger charge is -2.58. The summed E-state index contributed by atoms with van der Waals surface area (Å²) in [5.74, 6) is 2.13. The van der Waals surface area contributed by atoms with E-state index in [2.05, 4.69) is 4.57 Å². The van der Waals surface area contributed by atoms with Gasteiger partial charge in [0.25, 0.3) is 0 Å². The number of ketones is 1. The molecule has 0 saturated heterocycles. The van der Waals surface area contributed by atoms with Crippen LogP contribution in [0.2, 0.25) is 0 Å². The molecule has 4 saturated carbocycles. The van der Waals surface area contributed by atoms with Crippen molar-refractivity contribution < 1.29 is 23.8 Å². The molecule has 4 fully saturated rings. The molecule has 4 aliphatic carbocycles. The Morgan fingerprint density at radius 3 is 2.56 bits per heavy atom. The van der Waals surface area contributed by atoms with Gasteiger partial charge in [0.15, 0.2) is 18.1 Å². The molecular weight excluding hydrogens is 454 g/mol. The molecule has 0 radical (unpaired) electrons. The van der Waals surface area contributed by atoms with E-state index in [9.17, 15) is 9.59 Å². The lowest BCUT2D eigenvalue weighted by molar-refractivity contribution is -0.168. The minimum atomic E-state index is -0.498. The van der Waals surface area contributed by atoms with E-state index in [4.69, 9.17) is 25.8 Å². The molecule has 1 aromatic heterocycles.